The summed E-state index contributed by atoms with van der Waals surface area (Å²) in [7, 11) is 0. The summed E-state index contributed by atoms with van der Waals surface area (Å²) in [6.45, 7) is 5.18. The molecule has 3 heteroatoms. The zero-order chi connectivity index (χ0) is 14.4. The van der Waals surface area contributed by atoms with Crippen molar-refractivity contribution < 1.29 is 4.74 Å². The maximum absolute atomic E-state index is 5.81. The van der Waals surface area contributed by atoms with Crippen molar-refractivity contribution in [3.05, 3.63) is 29.8 Å². The molecule has 0 bridgehead atoms. The second kappa shape index (κ2) is 7.65. The van der Waals surface area contributed by atoms with Gasteiger partial charge in [-0.2, -0.15) is 0 Å². The molecular formula is C17H28N2O. The van der Waals surface area contributed by atoms with Gasteiger partial charge in [0, 0.05) is 6.04 Å². The van der Waals surface area contributed by atoms with Gasteiger partial charge in [0.2, 0.25) is 0 Å². The largest absolute Gasteiger partial charge is 0.494 e. The summed E-state index contributed by atoms with van der Waals surface area (Å²) < 4.78 is 5.63. The molecule has 1 fully saturated rings. The number of ether oxygens (including phenoxy) is 1. The molecule has 0 aromatic heterocycles. The van der Waals surface area contributed by atoms with Gasteiger partial charge in [-0.1, -0.05) is 38.8 Å². The minimum absolute atomic E-state index is 0.270. The van der Waals surface area contributed by atoms with Crippen LogP contribution in [0.3, 0.4) is 0 Å². The van der Waals surface area contributed by atoms with E-state index in [1.54, 1.807) is 0 Å². The van der Waals surface area contributed by atoms with Gasteiger partial charge >= 0.3 is 0 Å². The van der Waals surface area contributed by atoms with Crippen LogP contribution >= 0.6 is 0 Å². The van der Waals surface area contributed by atoms with Gasteiger partial charge in [0.1, 0.15) is 5.75 Å². The molecule has 3 N–H and O–H groups in total. The molecule has 0 saturated heterocycles. The van der Waals surface area contributed by atoms with Gasteiger partial charge in [-0.25, -0.2) is 0 Å². The smallest absolute Gasteiger partial charge is 0.119 e. The summed E-state index contributed by atoms with van der Waals surface area (Å²) in [5, 5.41) is 0. The summed E-state index contributed by atoms with van der Waals surface area (Å²) in [6, 6.07) is 8.68. The van der Waals surface area contributed by atoms with Gasteiger partial charge < -0.3 is 4.74 Å². The molecule has 1 aliphatic rings. The molecule has 0 aliphatic heterocycles. The van der Waals surface area contributed by atoms with Crippen LogP contribution in [0.1, 0.15) is 57.6 Å². The van der Waals surface area contributed by atoms with E-state index in [1.807, 2.05) is 0 Å². The van der Waals surface area contributed by atoms with Crippen molar-refractivity contribution in [2.75, 3.05) is 6.61 Å². The van der Waals surface area contributed by atoms with Crippen LogP contribution in [0.2, 0.25) is 0 Å². The van der Waals surface area contributed by atoms with E-state index in [4.69, 9.17) is 10.6 Å². The van der Waals surface area contributed by atoms with Crippen LogP contribution in [-0.2, 0) is 0 Å². The Bertz CT molecular complexity index is 390. The number of rotatable bonds is 7. The third-order valence-corrected chi connectivity index (χ3v) is 4.52. The van der Waals surface area contributed by atoms with Gasteiger partial charge in [0.15, 0.2) is 0 Å². The van der Waals surface area contributed by atoms with E-state index in [0.717, 1.165) is 24.7 Å². The number of hydrogen-bond donors (Lipinski definition) is 2. The zero-order valence-electron chi connectivity index (χ0n) is 12.8. The monoisotopic (exact) mass is 276 g/mol. The van der Waals surface area contributed by atoms with E-state index in [-0.39, 0.29) is 6.04 Å². The topological polar surface area (TPSA) is 47.3 Å². The Morgan fingerprint density at radius 1 is 1.25 bits per heavy atom. The predicted molar refractivity (Wildman–Crippen MR) is 83.4 cm³/mol. The molecule has 3 atom stereocenters. The Balaban J connectivity index is 2.00. The van der Waals surface area contributed by atoms with Gasteiger partial charge in [0.25, 0.3) is 0 Å². The van der Waals surface area contributed by atoms with Crippen LogP contribution in [0.25, 0.3) is 0 Å². The highest BCUT2D eigenvalue weighted by Gasteiger charge is 2.30. The fraction of sp³-hybridized carbons (Fsp3) is 0.647. The summed E-state index contributed by atoms with van der Waals surface area (Å²) in [5.74, 6) is 8.29. The van der Waals surface area contributed by atoms with Gasteiger partial charge in [-0.05, 0) is 48.8 Å². The minimum Gasteiger partial charge on any atom is -0.494 e. The fourth-order valence-corrected chi connectivity index (χ4v) is 3.28. The first-order chi connectivity index (χ1) is 9.78. The van der Waals surface area contributed by atoms with Gasteiger partial charge in [-0.3, -0.25) is 11.3 Å². The van der Waals surface area contributed by atoms with E-state index in [0.29, 0.717) is 5.92 Å². The molecule has 3 unspecified atom stereocenters. The number of hydrogen-bond acceptors (Lipinski definition) is 3. The number of benzene rings is 1. The molecule has 1 aromatic carbocycles. The highest BCUT2D eigenvalue weighted by atomic mass is 16.5. The highest BCUT2D eigenvalue weighted by Crippen LogP contribution is 2.40. The van der Waals surface area contributed by atoms with Crippen molar-refractivity contribution >= 4 is 0 Å². The third kappa shape index (κ3) is 3.74. The Kier molecular flexibility index (Phi) is 5.86. The summed E-state index contributed by atoms with van der Waals surface area (Å²) >= 11 is 0. The number of nitrogens with one attached hydrogen (secondary N) is 1. The van der Waals surface area contributed by atoms with Crippen LogP contribution in [0.4, 0.5) is 0 Å². The molecule has 0 radical (unpaired) electrons. The van der Waals surface area contributed by atoms with Gasteiger partial charge in [-0.15, -0.1) is 0 Å². The molecule has 1 saturated carbocycles. The Morgan fingerprint density at radius 2 is 2.00 bits per heavy atom. The Morgan fingerprint density at radius 3 is 2.55 bits per heavy atom. The van der Waals surface area contributed by atoms with Crippen molar-refractivity contribution in [3.63, 3.8) is 0 Å². The maximum atomic E-state index is 5.81. The molecule has 2 rings (SSSR count). The first-order valence-corrected chi connectivity index (χ1v) is 7.97. The number of hydrazine groups is 1. The Labute approximate surface area is 122 Å². The minimum atomic E-state index is 0.270. The third-order valence-electron chi connectivity index (χ3n) is 4.52. The molecule has 1 aliphatic carbocycles. The van der Waals surface area contributed by atoms with Crippen molar-refractivity contribution in [3.8, 4) is 5.75 Å². The Hall–Kier alpha value is -1.06. The van der Waals surface area contributed by atoms with Crippen LogP contribution in [0, 0.1) is 11.8 Å². The maximum Gasteiger partial charge on any atom is 0.119 e. The normalized spacial score (nSPS) is 23.8. The molecule has 20 heavy (non-hydrogen) atoms. The average molecular weight is 276 g/mol. The average Bonchev–Trinajstić information content (AvgIpc) is 2.96. The first-order valence-electron chi connectivity index (χ1n) is 7.97. The molecule has 0 amide bonds. The van der Waals surface area contributed by atoms with Crippen molar-refractivity contribution in [2.24, 2.45) is 17.7 Å². The fourth-order valence-electron chi connectivity index (χ4n) is 3.28. The quantitative estimate of drug-likeness (QED) is 0.588. The van der Waals surface area contributed by atoms with Crippen molar-refractivity contribution in [2.45, 2.75) is 52.0 Å². The van der Waals surface area contributed by atoms with Crippen LogP contribution < -0.4 is 16.0 Å². The standard InChI is InChI=1S/C17H28N2O/c1-3-11-20-16-9-7-14(8-10-16)17(19-18)15-6-5-13(4-2)12-15/h7-10,13,15,17,19H,3-6,11-12,18H2,1-2H3. The molecule has 0 spiro atoms. The summed E-state index contributed by atoms with van der Waals surface area (Å²) in [5.41, 5.74) is 4.30. The van der Waals surface area contributed by atoms with E-state index in [2.05, 4.69) is 43.5 Å². The molecule has 1 aromatic rings. The second-order valence-electron chi connectivity index (χ2n) is 5.91. The first kappa shape index (κ1) is 15.3. The van der Waals surface area contributed by atoms with Crippen molar-refractivity contribution in [1.82, 2.24) is 5.43 Å². The highest BCUT2D eigenvalue weighted by molar-refractivity contribution is 5.29. The van der Waals surface area contributed by atoms with Gasteiger partial charge in [0.05, 0.1) is 6.61 Å². The predicted octanol–water partition coefficient (Wildman–Crippen LogP) is 3.81. The molecule has 112 valence electrons. The lowest BCUT2D eigenvalue weighted by Crippen LogP contribution is -2.32. The zero-order valence-corrected chi connectivity index (χ0v) is 12.8. The lowest BCUT2D eigenvalue weighted by atomic mass is 9.91. The van der Waals surface area contributed by atoms with E-state index >= 15 is 0 Å². The van der Waals surface area contributed by atoms with Crippen LogP contribution in [0.5, 0.6) is 5.75 Å². The van der Waals surface area contributed by atoms with Crippen LogP contribution in [0.15, 0.2) is 24.3 Å². The number of nitrogens with two attached hydrogens (primary N) is 1. The van der Waals surface area contributed by atoms with Crippen LogP contribution in [-0.4, -0.2) is 6.61 Å². The summed E-state index contributed by atoms with van der Waals surface area (Å²) in [4.78, 5) is 0. The second-order valence-corrected chi connectivity index (χ2v) is 5.91. The van der Waals surface area contributed by atoms with E-state index in [1.165, 1.54) is 31.2 Å². The van der Waals surface area contributed by atoms with Crippen molar-refractivity contribution in [1.29, 1.82) is 0 Å². The molecular weight excluding hydrogens is 248 g/mol. The lowest BCUT2D eigenvalue weighted by molar-refractivity contribution is 0.316. The SMILES string of the molecule is CCCOc1ccc(C(NN)C2CCC(CC)C2)cc1. The molecule has 3 nitrogen and oxygen atoms in total. The van der Waals surface area contributed by atoms with E-state index in [9.17, 15) is 0 Å². The summed E-state index contributed by atoms with van der Waals surface area (Å²) in [6.07, 6.45) is 6.24. The molecule has 0 heterocycles. The lowest BCUT2D eigenvalue weighted by Gasteiger charge is -2.23. The van der Waals surface area contributed by atoms with E-state index < -0.39 is 0 Å².